The average Bonchev–Trinajstić information content (AvgIpc) is 2.97. The summed E-state index contributed by atoms with van der Waals surface area (Å²) in [5.41, 5.74) is 1.29. The van der Waals surface area contributed by atoms with E-state index in [-0.39, 0.29) is 0 Å². The number of hydrogen-bond acceptors (Lipinski definition) is 4. The topological polar surface area (TPSA) is 28.2 Å². The van der Waals surface area contributed by atoms with Gasteiger partial charge in [0.1, 0.15) is 5.82 Å². The Morgan fingerprint density at radius 1 is 1.40 bits per heavy atom. The van der Waals surface area contributed by atoms with Crippen LogP contribution in [0.3, 0.4) is 0 Å². The Kier molecular flexibility index (Phi) is 5.56. The van der Waals surface area contributed by atoms with Crippen molar-refractivity contribution in [1.29, 1.82) is 0 Å². The molecule has 20 heavy (non-hydrogen) atoms. The molecule has 2 aromatic rings. The smallest absolute Gasteiger partial charge is 0.128 e. The second-order valence-corrected chi connectivity index (χ2v) is 6.09. The first-order chi connectivity index (χ1) is 9.70. The molecule has 0 spiro atoms. The van der Waals surface area contributed by atoms with Crippen molar-refractivity contribution in [2.75, 3.05) is 18.5 Å². The van der Waals surface area contributed by atoms with Gasteiger partial charge in [-0.15, -0.1) is 11.3 Å². The van der Waals surface area contributed by atoms with Crippen LogP contribution in [0.4, 0.5) is 5.82 Å². The molecule has 0 bridgehead atoms. The lowest BCUT2D eigenvalue weighted by molar-refractivity contribution is 0.570. The van der Waals surface area contributed by atoms with Crippen LogP contribution >= 0.6 is 11.3 Å². The molecule has 1 unspecified atom stereocenters. The SMILES string of the molecule is CCCNC(C)c1ccnc(N(C)Cc2cccs2)c1. The molecule has 0 amide bonds. The van der Waals surface area contributed by atoms with Gasteiger partial charge in [0.25, 0.3) is 0 Å². The minimum absolute atomic E-state index is 0.367. The summed E-state index contributed by atoms with van der Waals surface area (Å²) in [7, 11) is 2.09. The number of aromatic nitrogens is 1. The highest BCUT2D eigenvalue weighted by molar-refractivity contribution is 7.09. The fourth-order valence-corrected chi connectivity index (χ4v) is 2.87. The summed E-state index contributed by atoms with van der Waals surface area (Å²) in [5, 5.41) is 5.63. The van der Waals surface area contributed by atoms with Crippen molar-refractivity contribution < 1.29 is 0 Å². The first kappa shape index (κ1) is 15.0. The number of anilines is 1. The van der Waals surface area contributed by atoms with Crippen LogP contribution in [0.1, 0.15) is 36.8 Å². The maximum absolute atomic E-state index is 4.49. The van der Waals surface area contributed by atoms with Crippen LogP contribution in [0.2, 0.25) is 0 Å². The molecule has 0 aliphatic heterocycles. The van der Waals surface area contributed by atoms with Gasteiger partial charge in [-0.05, 0) is 49.0 Å². The molecule has 1 N–H and O–H groups in total. The van der Waals surface area contributed by atoms with Crippen molar-refractivity contribution in [2.24, 2.45) is 0 Å². The number of nitrogens with one attached hydrogen (secondary N) is 1. The maximum Gasteiger partial charge on any atom is 0.128 e. The summed E-state index contributed by atoms with van der Waals surface area (Å²) in [4.78, 5) is 8.04. The third-order valence-corrected chi connectivity index (χ3v) is 4.20. The maximum atomic E-state index is 4.49. The predicted molar refractivity (Wildman–Crippen MR) is 87.4 cm³/mol. The van der Waals surface area contributed by atoms with E-state index in [1.165, 1.54) is 10.4 Å². The number of nitrogens with zero attached hydrogens (tertiary/aromatic N) is 2. The Balaban J connectivity index is 2.04. The van der Waals surface area contributed by atoms with Crippen molar-refractivity contribution in [2.45, 2.75) is 32.9 Å². The van der Waals surface area contributed by atoms with Crippen LogP contribution in [0, 0.1) is 0 Å². The Hall–Kier alpha value is -1.39. The summed E-state index contributed by atoms with van der Waals surface area (Å²) < 4.78 is 0. The van der Waals surface area contributed by atoms with E-state index in [2.05, 4.69) is 65.7 Å². The zero-order chi connectivity index (χ0) is 14.4. The van der Waals surface area contributed by atoms with Crippen LogP contribution in [0.25, 0.3) is 0 Å². The van der Waals surface area contributed by atoms with Gasteiger partial charge in [-0.25, -0.2) is 4.98 Å². The molecule has 0 saturated carbocycles. The molecule has 0 aliphatic carbocycles. The molecule has 3 nitrogen and oxygen atoms in total. The van der Waals surface area contributed by atoms with Gasteiger partial charge in [0.2, 0.25) is 0 Å². The van der Waals surface area contributed by atoms with Crippen molar-refractivity contribution in [3.8, 4) is 0 Å². The Morgan fingerprint density at radius 2 is 2.25 bits per heavy atom. The molecule has 1 atom stereocenters. The summed E-state index contributed by atoms with van der Waals surface area (Å²) in [6, 6.07) is 8.90. The average molecular weight is 289 g/mol. The van der Waals surface area contributed by atoms with Crippen molar-refractivity contribution >= 4 is 17.2 Å². The minimum atomic E-state index is 0.367. The molecule has 0 fully saturated rings. The number of thiophene rings is 1. The summed E-state index contributed by atoms with van der Waals surface area (Å²) in [5.74, 6) is 1.03. The van der Waals surface area contributed by atoms with Crippen LogP contribution in [-0.2, 0) is 6.54 Å². The molecule has 2 heterocycles. The van der Waals surface area contributed by atoms with Crippen LogP contribution in [0.5, 0.6) is 0 Å². The van der Waals surface area contributed by atoms with E-state index in [1.54, 1.807) is 11.3 Å². The molecule has 4 heteroatoms. The lowest BCUT2D eigenvalue weighted by Crippen LogP contribution is -2.21. The molecule has 0 aromatic carbocycles. The second kappa shape index (κ2) is 7.41. The minimum Gasteiger partial charge on any atom is -0.355 e. The van der Waals surface area contributed by atoms with E-state index < -0.39 is 0 Å². The summed E-state index contributed by atoms with van der Waals surface area (Å²) in [6.45, 7) is 6.34. The second-order valence-electron chi connectivity index (χ2n) is 5.06. The van der Waals surface area contributed by atoms with E-state index in [0.29, 0.717) is 6.04 Å². The van der Waals surface area contributed by atoms with Crippen molar-refractivity contribution in [3.05, 3.63) is 46.3 Å². The van der Waals surface area contributed by atoms with Gasteiger partial charge in [0.05, 0.1) is 6.54 Å². The molecular formula is C16H23N3S. The molecular weight excluding hydrogens is 266 g/mol. The fraction of sp³-hybridized carbons (Fsp3) is 0.438. The standard InChI is InChI=1S/C16H23N3S/c1-4-8-17-13(2)14-7-9-18-16(11-14)19(3)12-15-6-5-10-20-15/h5-7,9-11,13,17H,4,8,12H2,1-3H3. The van der Waals surface area contributed by atoms with Gasteiger partial charge in [0, 0.05) is 24.2 Å². The quantitative estimate of drug-likeness (QED) is 0.839. The molecule has 0 aliphatic rings. The van der Waals surface area contributed by atoms with Gasteiger partial charge in [-0.2, -0.15) is 0 Å². The lowest BCUT2D eigenvalue weighted by Gasteiger charge is -2.20. The monoisotopic (exact) mass is 289 g/mol. The van der Waals surface area contributed by atoms with E-state index in [0.717, 1.165) is 25.3 Å². The Labute approximate surface area is 125 Å². The zero-order valence-corrected chi connectivity index (χ0v) is 13.3. The molecule has 108 valence electrons. The van der Waals surface area contributed by atoms with E-state index in [4.69, 9.17) is 0 Å². The van der Waals surface area contributed by atoms with E-state index >= 15 is 0 Å². The third kappa shape index (κ3) is 4.05. The number of hydrogen-bond donors (Lipinski definition) is 1. The highest BCUT2D eigenvalue weighted by atomic mass is 32.1. The van der Waals surface area contributed by atoms with Gasteiger partial charge in [-0.3, -0.25) is 0 Å². The first-order valence-electron chi connectivity index (χ1n) is 7.13. The number of rotatable bonds is 7. The molecule has 2 rings (SSSR count). The van der Waals surface area contributed by atoms with Gasteiger partial charge >= 0.3 is 0 Å². The highest BCUT2D eigenvalue weighted by Crippen LogP contribution is 2.20. The predicted octanol–water partition coefficient (Wildman–Crippen LogP) is 3.84. The van der Waals surface area contributed by atoms with Crippen molar-refractivity contribution in [3.63, 3.8) is 0 Å². The molecule has 2 aromatic heterocycles. The normalized spacial score (nSPS) is 12.3. The molecule has 0 saturated heterocycles. The van der Waals surface area contributed by atoms with Gasteiger partial charge < -0.3 is 10.2 Å². The van der Waals surface area contributed by atoms with Gasteiger partial charge in [0.15, 0.2) is 0 Å². The van der Waals surface area contributed by atoms with Crippen LogP contribution < -0.4 is 10.2 Å². The fourth-order valence-electron chi connectivity index (χ4n) is 2.11. The largest absolute Gasteiger partial charge is 0.355 e. The van der Waals surface area contributed by atoms with E-state index in [1.807, 2.05) is 6.20 Å². The van der Waals surface area contributed by atoms with E-state index in [9.17, 15) is 0 Å². The summed E-state index contributed by atoms with van der Waals surface area (Å²) in [6.07, 6.45) is 3.06. The van der Waals surface area contributed by atoms with Crippen LogP contribution in [0.15, 0.2) is 35.8 Å². The summed E-state index contributed by atoms with van der Waals surface area (Å²) >= 11 is 1.79. The third-order valence-electron chi connectivity index (χ3n) is 3.33. The van der Waals surface area contributed by atoms with Crippen molar-refractivity contribution in [1.82, 2.24) is 10.3 Å². The highest BCUT2D eigenvalue weighted by Gasteiger charge is 2.09. The van der Waals surface area contributed by atoms with Crippen LogP contribution in [-0.4, -0.2) is 18.6 Å². The Morgan fingerprint density at radius 3 is 2.95 bits per heavy atom. The first-order valence-corrected chi connectivity index (χ1v) is 8.01. The zero-order valence-electron chi connectivity index (χ0n) is 12.5. The number of pyridine rings is 1. The lowest BCUT2D eigenvalue weighted by atomic mass is 10.1. The molecule has 0 radical (unpaired) electrons. The Bertz CT molecular complexity index is 510. The van der Waals surface area contributed by atoms with Gasteiger partial charge in [-0.1, -0.05) is 13.0 Å².